The minimum absolute atomic E-state index is 0.831. The predicted molar refractivity (Wildman–Crippen MR) is 454 cm³/mol. The van der Waals surface area contributed by atoms with E-state index in [4.69, 9.17) is 17.7 Å². The molecule has 4 heterocycles. The molecule has 0 fully saturated rings. The van der Waals surface area contributed by atoms with Crippen molar-refractivity contribution in [1.82, 2.24) is 0 Å². The zero-order valence-electron chi connectivity index (χ0n) is 58.1. The zero-order chi connectivity index (χ0) is 70.4. The van der Waals surface area contributed by atoms with Crippen molar-refractivity contribution in [2.75, 3.05) is 0 Å². The van der Waals surface area contributed by atoms with E-state index < -0.39 is 0 Å². The van der Waals surface area contributed by atoms with Gasteiger partial charge < -0.3 is 17.7 Å². The normalized spacial score (nSPS) is 12.3. The van der Waals surface area contributed by atoms with Crippen molar-refractivity contribution < 1.29 is 17.7 Å². The van der Waals surface area contributed by atoms with E-state index in [0.29, 0.717) is 0 Å². The van der Waals surface area contributed by atoms with Gasteiger partial charge in [-0.2, -0.15) is 0 Å². The Labute approximate surface area is 617 Å². The fraction of sp³-hybridized carbons (Fsp3) is 0. The van der Waals surface area contributed by atoms with Gasteiger partial charge in [0.05, 0.1) is 0 Å². The van der Waals surface area contributed by atoms with Crippen LogP contribution in [0.1, 0.15) is 0 Å². The van der Waals surface area contributed by atoms with Crippen LogP contribution in [0.2, 0.25) is 0 Å². The summed E-state index contributed by atoms with van der Waals surface area (Å²) >= 11 is 0. The highest BCUT2D eigenvalue weighted by atomic mass is 16.3. The van der Waals surface area contributed by atoms with Gasteiger partial charge in [-0.15, -0.1) is 0 Å². The van der Waals surface area contributed by atoms with Crippen LogP contribution in [0.15, 0.2) is 370 Å². The first kappa shape index (κ1) is 59.1. The van der Waals surface area contributed by atoms with Crippen LogP contribution in [-0.4, -0.2) is 0 Å². The number of hydrogen-bond acceptors (Lipinski definition) is 4. The summed E-state index contributed by atoms with van der Waals surface area (Å²) in [5.41, 5.74) is 23.2. The molecule has 0 amide bonds. The van der Waals surface area contributed by atoms with Gasteiger partial charge in [0.15, 0.2) is 0 Å². The van der Waals surface area contributed by atoms with Crippen molar-refractivity contribution in [2.45, 2.75) is 0 Å². The van der Waals surface area contributed by atoms with Gasteiger partial charge in [0.2, 0.25) is 0 Å². The minimum atomic E-state index is 0.831. The highest BCUT2D eigenvalue weighted by molar-refractivity contribution is 6.35. The molecule has 0 radical (unpaired) electrons. The minimum Gasteiger partial charge on any atom is -0.456 e. The van der Waals surface area contributed by atoms with Gasteiger partial charge in [0.25, 0.3) is 0 Å². The molecular weight excluding hydrogens is 1310 g/mol. The second kappa shape index (κ2) is 22.6. The van der Waals surface area contributed by atoms with Crippen LogP contribution in [0.4, 0.5) is 0 Å². The van der Waals surface area contributed by atoms with Crippen LogP contribution < -0.4 is 0 Å². The van der Waals surface area contributed by atoms with Gasteiger partial charge >= 0.3 is 0 Å². The molecule has 0 unspecified atom stereocenters. The third-order valence-corrected chi connectivity index (χ3v) is 23.5. The van der Waals surface area contributed by atoms with Gasteiger partial charge in [-0.05, 0) is 220 Å². The van der Waals surface area contributed by atoms with Crippen molar-refractivity contribution in [3.63, 3.8) is 0 Å². The number of furan rings is 4. The standard InChI is InChI=1S/C104H58O4/c1-2-20-59(21-3-1)65-49-51-80(69-24-6-4-22-67(65)69)98-76-31-12-10-29-74(76)96(75-30-11-13-32-77(75)98)64-44-48-86-93(57-64)107-91-55-53-82-87(58-94-102(103(82)101(86)91)84-35-17-19-37-89(84)105-94)61-40-38-60(39-41-61)66-50-52-81(70-25-7-5-23-68(66)70)99-78-33-14-8-27-72(78)95(73-28-9-15-34-79(73)99)63-43-47-85-92(56-63)106-90-54-45-62-42-46-83-71-26-16-18-36-88(71)108-104(83)97(62)100(85)90/h1-58H. The summed E-state index contributed by atoms with van der Waals surface area (Å²) in [6.07, 6.45) is 0. The molecule has 4 aromatic heterocycles. The van der Waals surface area contributed by atoms with E-state index in [-0.39, 0.29) is 0 Å². The molecular formula is C104H58O4. The van der Waals surface area contributed by atoms with Crippen molar-refractivity contribution in [1.29, 1.82) is 0 Å². The Hall–Kier alpha value is -14.3. The second-order valence-corrected chi connectivity index (χ2v) is 29.0. The summed E-state index contributed by atoms with van der Waals surface area (Å²) in [5.74, 6) is 0. The molecule has 0 aliphatic heterocycles. The average Bonchev–Trinajstić information content (AvgIpc) is 1.45. The van der Waals surface area contributed by atoms with Crippen LogP contribution in [0, 0.1) is 0 Å². The quantitative estimate of drug-likeness (QED) is 0.149. The highest BCUT2D eigenvalue weighted by Gasteiger charge is 2.27. The first-order valence-corrected chi connectivity index (χ1v) is 37.1. The van der Waals surface area contributed by atoms with E-state index in [0.717, 1.165) is 137 Å². The molecule has 0 bridgehead atoms. The molecule has 24 aromatic rings. The number of hydrogen-bond donors (Lipinski definition) is 0. The van der Waals surface area contributed by atoms with Gasteiger partial charge in [0.1, 0.15) is 44.7 Å². The Balaban J connectivity index is 0.621. The first-order valence-electron chi connectivity index (χ1n) is 37.1. The molecule has 0 aliphatic rings. The maximum atomic E-state index is 7.13. The average molecular weight is 1370 g/mol. The van der Waals surface area contributed by atoms with Gasteiger partial charge in [0, 0.05) is 53.9 Å². The molecule has 0 spiro atoms. The summed E-state index contributed by atoms with van der Waals surface area (Å²) in [6.45, 7) is 0. The maximum absolute atomic E-state index is 7.13. The smallest absolute Gasteiger partial charge is 0.144 e. The zero-order valence-corrected chi connectivity index (χ0v) is 58.1. The van der Waals surface area contributed by atoms with Gasteiger partial charge in [-0.1, -0.05) is 285 Å². The fourth-order valence-corrected chi connectivity index (χ4v) is 18.8. The largest absolute Gasteiger partial charge is 0.456 e. The van der Waals surface area contributed by atoms with E-state index in [1.807, 2.05) is 6.07 Å². The van der Waals surface area contributed by atoms with Crippen LogP contribution in [-0.2, 0) is 0 Å². The lowest BCUT2D eigenvalue weighted by Crippen LogP contribution is -1.92. The van der Waals surface area contributed by atoms with Crippen LogP contribution in [0.25, 0.3) is 252 Å². The summed E-state index contributed by atoms with van der Waals surface area (Å²) < 4.78 is 27.5. The lowest BCUT2D eigenvalue weighted by atomic mass is 9.83. The molecule has 108 heavy (non-hydrogen) atoms. The molecule has 0 N–H and O–H groups in total. The first-order chi connectivity index (χ1) is 53.6. The molecule has 4 nitrogen and oxygen atoms in total. The van der Waals surface area contributed by atoms with E-state index in [9.17, 15) is 0 Å². The molecule has 24 rings (SSSR count). The van der Waals surface area contributed by atoms with Crippen molar-refractivity contribution in [3.05, 3.63) is 352 Å². The summed E-state index contributed by atoms with van der Waals surface area (Å²) in [6, 6.07) is 128. The molecule has 498 valence electrons. The Morgan fingerprint density at radius 1 is 0.139 bits per heavy atom. The van der Waals surface area contributed by atoms with Crippen LogP contribution in [0.3, 0.4) is 0 Å². The Kier molecular flexibility index (Phi) is 12.4. The van der Waals surface area contributed by atoms with Crippen LogP contribution >= 0.6 is 0 Å². The topological polar surface area (TPSA) is 52.6 Å². The monoisotopic (exact) mass is 1370 g/mol. The Morgan fingerprint density at radius 2 is 0.472 bits per heavy atom. The summed E-state index contributed by atoms with van der Waals surface area (Å²) in [5, 5.41) is 27.5. The summed E-state index contributed by atoms with van der Waals surface area (Å²) in [7, 11) is 0. The lowest BCUT2D eigenvalue weighted by molar-refractivity contribution is 0.668. The van der Waals surface area contributed by atoms with Crippen molar-refractivity contribution in [2.24, 2.45) is 0 Å². The molecule has 20 aromatic carbocycles. The maximum Gasteiger partial charge on any atom is 0.144 e. The molecule has 0 saturated heterocycles. The van der Waals surface area contributed by atoms with Gasteiger partial charge in [-0.3, -0.25) is 0 Å². The second-order valence-electron chi connectivity index (χ2n) is 29.0. The van der Waals surface area contributed by atoms with Gasteiger partial charge in [-0.25, -0.2) is 0 Å². The number of rotatable bonds is 7. The summed E-state index contributed by atoms with van der Waals surface area (Å²) in [4.78, 5) is 0. The Bertz CT molecular complexity index is 7930. The SMILES string of the molecule is c1ccc(-c2ccc(-c3c4ccccc4c(-c4ccc5c(c4)oc4ccc6c(-c7ccc(-c8ccc(-c9c%10ccccc%10c(-c%10ccc%11c(c%10)oc%10ccc%12ccc%13c%14ccccc%14oc%13c%12c%10%11)c%10ccccc9%10)c9ccccc89)cc7)cc7oc8ccccc8c7c6c45)c4ccccc34)c3ccccc23)cc1. The fourth-order valence-electron chi connectivity index (χ4n) is 18.8. The molecule has 0 atom stereocenters. The molecule has 4 heteroatoms. The molecule has 0 aliphatic carbocycles. The van der Waals surface area contributed by atoms with Crippen molar-refractivity contribution >= 4 is 174 Å². The highest BCUT2D eigenvalue weighted by Crippen LogP contribution is 2.53. The number of para-hydroxylation sites is 2. The van der Waals surface area contributed by atoms with E-state index >= 15 is 0 Å². The van der Waals surface area contributed by atoms with Crippen LogP contribution in [0.5, 0.6) is 0 Å². The van der Waals surface area contributed by atoms with Crippen molar-refractivity contribution in [3.8, 4) is 77.9 Å². The molecule has 0 saturated carbocycles. The van der Waals surface area contributed by atoms with E-state index in [1.165, 1.54) is 115 Å². The van der Waals surface area contributed by atoms with E-state index in [2.05, 4.69) is 346 Å². The third-order valence-electron chi connectivity index (χ3n) is 23.5. The Morgan fingerprint density at radius 3 is 0.991 bits per heavy atom. The third kappa shape index (κ3) is 8.45. The lowest BCUT2D eigenvalue weighted by Gasteiger charge is -2.19. The van der Waals surface area contributed by atoms with E-state index in [1.54, 1.807) is 0 Å². The number of benzene rings is 20. The predicted octanol–water partition coefficient (Wildman–Crippen LogP) is 30.2. The number of fused-ring (bicyclic) bond motifs is 24.